The Kier molecular flexibility index (Phi) is 11.2. The summed E-state index contributed by atoms with van der Waals surface area (Å²) in [6.07, 6.45) is 3.03. The number of hydrogen-bond acceptors (Lipinski definition) is 7. The van der Waals surface area contributed by atoms with Crippen LogP contribution < -0.4 is 16.4 Å². The fourth-order valence-corrected chi connectivity index (χ4v) is 5.18. The molecule has 3 rings (SSSR count). The third kappa shape index (κ3) is 8.10. The molecule has 10 nitrogen and oxygen atoms in total. The lowest BCUT2D eigenvalue weighted by Crippen LogP contribution is -2.55. The number of rotatable bonds is 12. The van der Waals surface area contributed by atoms with Gasteiger partial charge in [0.05, 0.1) is 23.2 Å². The van der Waals surface area contributed by atoms with Crippen molar-refractivity contribution < 1.29 is 28.7 Å². The topological polar surface area (TPSA) is 140 Å². The minimum atomic E-state index is -0.878. The van der Waals surface area contributed by atoms with E-state index in [2.05, 4.69) is 38.3 Å². The summed E-state index contributed by atoms with van der Waals surface area (Å²) in [6.45, 7) is 10.4. The molecule has 3 amide bonds. The molecular weight excluding hydrogens is 536 g/mol. The second kappa shape index (κ2) is 14.2. The molecule has 0 radical (unpaired) electrons. The van der Waals surface area contributed by atoms with Crippen LogP contribution in [0.4, 0.5) is 5.69 Å². The van der Waals surface area contributed by atoms with Gasteiger partial charge in [-0.3, -0.25) is 19.2 Å². The van der Waals surface area contributed by atoms with Crippen LogP contribution in [-0.2, 0) is 23.9 Å². The number of halogens is 1. The number of nitrogens with zero attached hydrogens (tertiary/aromatic N) is 1. The minimum Gasteiger partial charge on any atom is -0.433 e. The SMILES string of the molecule is CC[C@H](C)CC[C@H](O[C@@H]1OC(=O)C[C@@H]1NC(=O)[C@@H]1CCCN1C(=O)[C@H](C)NC(=O)c1ccc(N)c(Cl)c1)C(C)C. The molecule has 1 aromatic carbocycles. The zero-order valence-electron chi connectivity index (χ0n) is 24.1. The van der Waals surface area contributed by atoms with Gasteiger partial charge in [-0.1, -0.05) is 45.7 Å². The summed E-state index contributed by atoms with van der Waals surface area (Å²) >= 11 is 6.02. The Hall–Kier alpha value is -2.85. The van der Waals surface area contributed by atoms with Crippen LogP contribution in [-0.4, -0.2) is 65.7 Å². The molecule has 1 aromatic rings. The first-order chi connectivity index (χ1) is 18.9. The first-order valence-electron chi connectivity index (χ1n) is 14.2. The molecule has 2 saturated heterocycles. The molecule has 2 aliphatic rings. The van der Waals surface area contributed by atoms with Gasteiger partial charge < -0.3 is 30.7 Å². The first-order valence-corrected chi connectivity index (χ1v) is 14.6. The van der Waals surface area contributed by atoms with Crippen LogP contribution in [0.3, 0.4) is 0 Å². The number of nitrogens with two attached hydrogens (primary N) is 1. The quantitative estimate of drug-likeness (QED) is 0.254. The fraction of sp³-hybridized carbons (Fsp3) is 0.655. The summed E-state index contributed by atoms with van der Waals surface area (Å²) in [5.41, 5.74) is 6.33. The minimum absolute atomic E-state index is 0.00383. The highest BCUT2D eigenvalue weighted by molar-refractivity contribution is 6.33. The molecule has 40 heavy (non-hydrogen) atoms. The number of likely N-dealkylation sites (tertiary alicyclic amines) is 1. The van der Waals surface area contributed by atoms with Gasteiger partial charge in [-0.25, -0.2) is 0 Å². The largest absolute Gasteiger partial charge is 0.433 e. The number of carbonyl (C=O) groups excluding carboxylic acids is 4. The second-order valence-electron chi connectivity index (χ2n) is 11.3. The maximum atomic E-state index is 13.3. The second-order valence-corrected chi connectivity index (χ2v) is 11.7. The summed E-state index contributed by atoms with van der Waals surface area (Å²) in [5.74, 6) is -0.871. The first kappa shape index (κ1) is 31.7. The van der Waals surface area contributed by atoms with E-state index in [1.54, 1.807) is 6.92 Å². The van der Waals surface area contributed by atoms with E-state index in [1.807, 2.05) is 0 Å². The number of carbonyl (C=O) groups is 4. The zero-order valence-corrected chi connectivity index (χ0v) is 24.8. The molecule has 2 aliphatic heterocycles. The third-order valence-corrected chi connectivity index (χ3v) is 8.13. The zero-order chi connectivity index (χ0) is 29.6. The van der Waals surface area contributed by atoms with Crippen LogP contribution in [0, 0.1) is 11.8 Å². The maximum absolute atomic E-state index is 13.3. The number of hydrogen-bond donors (Lipinski definition) is 3. The summed E-state index contributed by atoms with van der Waals surface area (Å²) < 4.78 is 11.7. The number of amides is 3. The molecule has 2 fully saturated rings. The van der Waals surface area contributed by atoms with Gasteiger partial charge in [0.15, 0.2) is 0 Å². The number of anilines is 1. The predicted molar refractivity (Wildman–Crippen MR) is 152 cm³/mol. The molecule has 0 aliphatic carbocycles. The molecule has 4 N–H and O–H groups in total. The molecule has 0 aromatic heterocycles. The number of esters is 1. The molecule has 0 spiro atoms. The van der Waals surface area contributed by atoms with E-state index >= 15 is 0 Å². The third-order valence-electron chi connectivity index (χ3n) is 7.80. The number of ether oxygens (including phenoxy) is 2. The standard InChI is InChI=1S/C29H43ClN4O6/c1-6-17(4)9-12-24(16(2)3)39-29-22(15-25(35)40-29)33-27(37)23-8-7-13-34(23)28(38)18(5)32-26(36)19-10-11-21(31)20(30)14-19/h10-11,14,16-18,22-24,29H,6-9,12-13,15,31H2,1-5H3,(H,32,36)(H,33,37)/t17-,18-,22-,23-,24-,29+/m0/s1. The van der Waals surface area contributed by atoms with Gasteiger partial charge in [-0.05, 0) is 62.6 Å². The average molecular weight is 579 g/mol. The maximum Gasteiger partial charge on any atom is 0.310 e. The van der Waals surface area contributed by atoms with E-state index in [1.165, 1.54) is 23.1 Å². The lowest BCUT2D eigenvalue weighted by Gasteiger charge is -2.30. The van der Waals surface area contributed by atoms with Gasteiger partial charge in [-0.2, -0.15) is 0 Å². The van der Waals surface area contributed by atoms with Crippen molar-refractivity contribution in [2.24, 2.45) is 11.8 Å². The summed E-state index contributed by atoms with van der Waals surface area (Å²) in [5, 5.41) is 5.83. The highest BCUT2D eigenvalue weighted by Crippen LogP contribution is 2.26. The molecule has 6 atom stereocenters. The van der Waals surface area contributed by atoms with Gasteiger partial charge in [0.25, 0.3) is 5.91 Å². The molecule has 0 unspecified atom stereocenters. The fourth-order valence-electron chi connectivity index (χ4n) is 5.00. The van der Waals surface area contributed by atoms with Crippen LogP contribution in [0.1, 0.15) is 83.5 Å². The number of nitrogen functional groups attached to an aromatic ring is 1. The molecule has 222 valence electrons. The predicted octanol–water partition coefficient (Wildman–Crippen LogP) is 3.66. The van der Waals surface area contributed by atoms with Gasteiger partial charge in [-0.15, -0.1) is 0 Å². The Labute approximate surface area is 241 Å². The number of cyclic esters (lactones) is 1. The number of nitrogens with one attached hydrogen (secondary N) is 2. The summed E-state index contributed by atoms with van der Waals surface area (Å²) in [6, 6.07) is 2.25. The van der Waals surface area contributed by atoms with Crippen LogP contribution >= 0.6 is 11.6 Å². The van der Waals surface area contributed by atoms with Crippen LogP contribution in [0.25, 0.3) is 0 Å². The molecule has 11 heteroatoms. The highest BCUT2D eigenvalue weighted by atomic mass is 35.5. The molecular formula is C29H43ClN4O6. The lowest BCUT2D eigenvalue weighted by atomic mass is 9.95. The highest BCUT2D eigenvalue weighted by Gasteiger charge is 2.42. The Balaban J connectivity index is 1.61. The van der Waals surface area contributed by atoms with E-state index in [-0.39, 0.29) is 40.8 Å². The Bertz CT molecular complexity index is 1080. The molecule has 0 bridgehead atoms. The van der Waals surface area contributed by atoms with Crippen molar-refractivity contribution in [1.29, 1.82) is 0 Å². The van der Waals surface area contributed by atoms with Gasteiger partial charge >= 0.3 is 5.97 Å². The Morgan fingerprint density at radius 3 is 2.58 bits per heavy atom. The van der Waals surface area contributed by atoms with Crippen molar-refractivity contribution in [3.63, 3.8) is 0 Å². The average Bonchev–Trinajstić information content (AvgIpc) is 3.53. The van der Waals surface area contributed by atoms with Gasteiger partial charge in [0.2, 0.25) is 18.1 Å². The normalized spacial score (nSPS) is 23.0. The van der Waals surface area contributed by atoms with Crippen molar-refractivity contribution in [1.82, 2.24) is 15.5 Å². The van der Waals surface area contributed by atoms with Crippen molar-refractivity contribution >= 4 is 41.0 Å². The van der Waals surface area contributed by atoms with Crippen LogP contribution in [0.15, 0.2) is 18.2 Å². The lowest BCUT2D eigenvalue weighted by molar-refractivity contribution is -0.183. The van der Waals surface area contributed by atoms with Crippen molar-refractivity contribution in [3.05, 3.63) is 28.8 Å². The van der Waals surface area contributed by atoms with E-state index < -0.39 is 36.3 Å². The molecule has 2 heterocycles. The van der Waals surface area contributed by atoms with E-state index in [9.17, 15) is 19.2 Å². The Morgan fingerprint density at radius 1 is 1.20 bits per heavy atom. The summed E-state index contributed by atoms with van der Waals surface area (Å²) in [4.78, 5) is 52.9. The van der Waals surface area contributed by atoms with E-state index in [0.29, 0.717) is 31.0 Å². The van der Waals surface area contributed by atoms with Crippen LogP contribution in [0.5, 0.6) is 0 Å². The Morgan fingerprint density at radius 2 is 1.93 bits per heavy atom. The summed E-state index contributed by atoms with van der Waals surface area (Å²) in [7, 11) is 0. The smallest absolute Gasteiger partial charge is 0.310 e. The van der Waals surface area contributed by atoms with Crippen molar-refractivity contribution in [3.8, 4) is 0 Å². The molecule has 0 saturated carbocycles. The van der Waals surface area contributed by atoms with Crippen LogP contribution in [0.2, 0.25) is 5.02 Å². The van der Waals surface area contributed by atoms with Crippen molar-refractivity contribution in [2.75, 3.05) is 12.3 Å². The van der Waals surface area contributed by atoms with Gasteiger partial charge in [0, 0.05) is 12.1 Å². The van der Waals surface area contributed by atoms with E-state index in [0.717, 1.165) is 19.3 Å². The number of benzene rings is 1. The van der Waals surface area contributed by atoms with E-state index in [4.69, 9.17) is 26.8 Å². The van der Waals surface area contributed by atoms with Gasteiger partial charge in [0.1, 0.15) is 18.1 Å². The monoisotopic (exact) mass is 578 g/mol. The van der Waals surface area contributed by atoms with Crippen molar-refractivity contribution in [2.45, 2.75) is 104 Å².